The van der Waals surface area contributed by atoms with Crippen LogP contribution < -0.4 is 15.5 Å². The summed E-state index contributed by atoms with van der Waals surface area (Å²) in [5.74, 6) is -1.98. The second kappa shape index (κ2) is 9.09. The highest BCUT2D eigenvalue weighted by Gasteiger charge is 2.17. The molecule has 2 aromatic rings. The van der Waals surface area contributed by atoms with E-state index in [2.05, 4.69) is 10.6 Å². The second-order valence-corrected chi connectivity index (χ2v) is 6.76. The average Bonchev–Trinajstić information content (AvgIpc) is 2.91. The third kappa shape index (κ3) is 5.61. The Balaban J connectivity index is 2.09. The largest absolute Gasteiger partial charge is 0.456 e. The number of carbonyl (C=O) groups is 4. The van der Waals surface area contributed by atoms with Crippen LogP contribution in [0, 0.1) is 6.92 Å². The molecule has 0 saturated heterocycles. The van der Waals surface area contributed by atoms with E-state index >= 15 is 0 Å². The highest BCUT2D eigenvalue weighted by atomic mass is 32.1. The molecule has 2 rings (SSSR count). The van der Waals surface area contributed by atoms with Crippen LogP contribution in [0.1, 0.15) is 29.9 Å². The third-order valence-electron chi connectivity index (χ3n) is 3.58. The van der Waals surface area contributed by atoms with E-state index in [1.807, 2.05) is 0 Å². The maximum atomic E-state index is 12.4. The van der Waals surface area contributed by atoms with Gasteiger partial charge in [-0.2, -0.15) is 0 Å². The summed E-state index contributed by atoms with van der Waals surface area (Å²) in [5, 5.41) is 6.69. The van der Waals surface area contributed by atoms with Gasteiger partial charge in [-0.15, -0.1) is 0 Å². The van der Waals surface area contributed by atoms with E-state index in [1.165, 1.54) is 36.6 Å². The molecule has 28 heavy (non-hydrogen) atoms. The molecule has 0 atom stereocenters. The Hall–Kier alpha value is -3.27. The van der Waals surface area contributed by atoms with E-state index in [0.29, 0.717) is 11.4 Å². The summed E-state index contributed by atoms with van der Waals surface area (Å²) in [6, 6.07) is 4.35. The average molecular weight is 405 g/mol. The minimum Gasteiger partial charge on any atom is -0.456 e. The molecule has 2 amide bonds. The SMILES string of the molecule is CC(=O)Nc1ccc(C(=O)COC(=O)Cn2c(C)csc2=O)c(NC(C)=O)c1. The molecule has 0 aliphatic heterocycles. The lowest BCUT2D eigenvalue weighted by molar-refractivity contribution is -0.143. The molecule has 0 radical (unpaired) electrons. The molecule has 2 N–H and O–H groups in total. The van der Waals surface area contributed by atoms with Crippen LogP contribution in [0.2, 0.25) is 0 Å². The van der Waals surface area contributed by atoms with Crippen LogP contribution in [0.4, 0.5) is 11.4 Å². The summed E-state index contributed by atoms with van der Waals surface area (Å²) >= 11 is 0.970. The number of anilines is 2. The fraction of sp³-hybridized carbons (Fsp3) is 0.278. The monoisotopic (exact) mass is 405 g/mol. The zero-order chi connectivity index (χ0) is 20.8. The molecule has 0 aliphatic rings. The van der Waals surface area contributed by atoms with Crippen molar-refractivity contribution in [3.63, 3.8) is 0 Å². The van der Waals surface area contributed by atoms with Gasteiger partial charge < -0.3 is 15.4 Å². The van der Waals surface area contributed by atoms with Gasteiger partial charge in [0.25, 0.3) is 0 Å². The van der Waals surface area contributed by atoms with E-state index in [1.54, 1.807) is 12.3 Å². The molecule has 148 valence electrons. The summed E-state index contributed by atoms with van der Waals surface area (Å²) in [7, 11) is 0. The number of amides is 2. The van der Waals surface area contributed by atoms with E-state index in [4.69, 9.17) is 4.74 Å². The number of carbonyl (C=O) groups excluding carboxylic acids is 4. The lowest BCUT2D eigenvalue weighted by Gasteiger charge is -2.12. The molecule has 1 heterocycles. The molecule has 0 saturated carbocycles. The van der Waals surface area contributed by atoms with Crippen molar-refractivity contribution in [2.45, 2.75) is 27.3 Å². The summed E-state index contributed by atoms with van der Waals surface area (Å²) in [5.41, 5.74) is 1.34. The number of aromatic nitrogens is 1. The zero-order valence-corrected chi connectivity index (χ0v) is 16.3. The van der Waals surface area contributed by atoms with Gasteiger partial charge in [0.15, 0.2) is 6.61 Å². The molecular formula is C18H19N3O6S. The van der Waals surface area contributed by atoms with Crippen molar-refractivity contribution in [1.29, 1.82) is 0 Å². The Kier molecular flexibility index (Phi) is 6.83. The van der Waals surface area contributed by atoms with Crippen LogP contribution in [0.5, 0.6) is 0 Å². The number of aryl methyl sites for hydroxylation is 1. The van der Waals surface area contributed by atoms with Crippen LogP contribution in [-0.2, 0) is 25.7 Å². The van der Waals surface area contributed by atoms with E-state index in [9.17, 15) is 24.0 Å². The summed E-state index contributed by atoms with van der Waals surface area (Å²) in [6.45, 7) is 3.45. The number of nitrogens with one attached hydrogen (secondary N) is 2. The van der Waals surface area contributed by atoms with Crippen LogP contribution in [-0.4, -0.2) is 34.7 Å². The fourth-order valence-corrected chi connectivity index (χ4v) is 3.09. The summed E-state index contributed by atoms with van der Waals surface area (Å²) < 4.78 is 6.22. The lowest BCUT2D eigenvalue weighted by Crippen LogP contribution is -2.24. The Morgan fingerprint density at radius 1 is 1.11 bits per heavy atom. The smallest absolute Gasteiger partial charge is 0.326 e. The number of ketones is 1. The van der Waals surface area contributed by atoms with Gasteiger partial charge in [0, 0.05) is 36.2 Å². The first kappa shape index (κ1) is 21.0. The van der Waals surface area contributed by atoms with Crippen molar-refractivity contribution in [2.75, 3.05) is 17.2 Å². The van der Waals surface area contributed by atoms with Crippen LogP contribution in [0.25, 0.3) is 0 Å². The maximum Gasteiger partial charge on any atom is 0.326 e. The quantitative estimate of drug-likeness (QED) is 0.532. The first-order valence-electron chi connectivity index (χ1n) is 8.20. The lowest BCUT2D eigenvalue weighted by atomic mass is 10.1. The fourth-order valence-electron chi connectivity index (χ4n) is 2.36. The molecule has 0 bridgehead atoms. The number of esters is 1. The van der Waals surface area contributed by atoms with Gasteiger partial charge in [-0.3, -0.25) is 28.5 Å². The van der Waals surface area contributed by atoms with Crippen LogP contribution in [0.3, 0.4) is 0 Å². The summed E-state index contributed by atoms with van der Waals surface area (Å²) in [6.07, 6.45) is 0. The number of Topliss-reactive ketones (excluding diaryl/α,β-unsaturated/α-hetero) is 1. The Labute approximate surface area is 164 Å². The van der Waals surface area contributed by atoms with Crippen molar-refractivity contribution in [3.05, 3.63) is 44.5 Å². The molecule has 0 aliphatic carbocycles. The van der Waals surface area contributed by atoms with Gasteiger partial charge in [-0.25, -0.2) is 0 Å². The minimum atomic E-state index is -0.729. The zero-order valence-electron chi connectivity index (χ0n) is 15.5. The minimum absolute atomic E-state index is 0.126. The third-order valence-corrected chi connectivity index (χ3v) is 4.46. The van der Waals surface area contributed by atoms with Gasteiger partial charge in [0.1, 0.15) is 6.54 Å². The normalized spacial score (nSPS) is 10.2. The van der Waals surface area contributed by atoms with Crippen LogP contribution in [0.15, 0.2) is 28.4 Å². The van der Waals surface area contributed by atoms with Crippen LogP contribution >= 0.6 is 11.3 Å². The maximum absolute atomic E-state index is 12.4. The molecule has 1 aromatic carbocycles. The first-order valence-corrected chi connectivity index (χ1v) is 9.08. The Morgan fingerprint density at radius 3 is 2.36 bits per heavy atom. The van der Waals surface area contributed by atoms with E-state index in [0.717, 1.165) is 11.3 Å². The van der Waals surface area contributed by atoms with Crippen molar-refractivity contribution >= 4 is 46.3 Å². The van der Waals surface area contributed by atoms with Crippen molar-refractivity contribution in [1.82, 2.24) is 4.57 Å². The molecule has 0 spiro atoms. The first-order chi connectivity index (χ1) is 13.2. The second-order valence-electron chi connectivity index (χ2n) is 5.94. The predicted molar refractivity (Wildman–Crippen MR) is 104 cm³/mol. The van der Waals surface area contributed by atoms with E-state index in [-0.39, 0.29) is 28.6 Å². The number of nitrogens with zero attached hydrogens (tertiary/aromatic N) is 1. The highest BCUT2D eigenvalue weighted by Crippen LogP contribution is 2.22. The highest BCUT2D eigenvalue weighted by molar-refractivity contribution is 7.07. The van der Waals surface area contributed by atoms with E-state index < -0.39 is 24.3 Å². The number of rotatable bonds is 7. The molecule has 9 nitrogen and oxygen atoms in total. The molecule has 1 aromatic heterocycles. The molecule has 10 heteroatoms. The number of ether oxygens (including phenoxy) is 1. The van der Waals surface area contributed by atoms with Crippen molar-refractivity contribution in [2.24, 2.45) is 0 Å². The molecule has 0 fully saturated rings. The molecular weight excluding hydrogens is 386 g/mol. The summed E-state index contributed by atoms with van der Waals surface area (Å²) in [4.78, 5) is 58.3. The number of benzene rings is 1. The Bertz CT molecular complexity index is 991. The van der Waals surface area contributed by atoms with Crippen molar-refractivity contribution < 1.29 is 23.9 Å². The molecule has 0 unspecified atom stereocenters. The Morgan fingerprint density at radius 2 is 1.79 bits per heavy atom. The number of thiazole rings is 1. The van der Waals surface area contributed by atoms with Gasteiger partial charge in [-0.1, -0.05) is 11.3 Å². The van der Waals surface area contributed by atoms with Gasteiger partial charge in [0.2, 0.25) is 17.6 Å². The topological polar surface area (TPSA) is 124 Å². The van der Waals surface area contributed by atoms with Gasteiger partial charge in [-0.05, 0) is 25.1 Å². The standard InChI is InChI=1S/C18H19N3O6S/c1-10-9-28-18(26)21(10)7-17(25)27-8-16(24)14-5-4-13(19-11(2)22)6-15(14)20-12(3)23/h4-6,9H,7-8H2,1-3H3,(H,19,22)(H,20,23). The van der Waals surface area contributed by atoms with Crippen molar-refractivity contribution in [3.8, 4) is 0 Å². The van der Waals surface area contributed by atoms with Gasteiger partial charge in [0.05, 0.1) is 5.69 Å². The predicted octanol–water partition coefficient (Wildman–Crippen LogP) is 1.56. The number of hydrogen-bond acceptors (Lipinski definition) is 7. The van der Waals surface area contributed by atoms with Gasteiger partial charge >= 0.3 is 10.8 Å². The number of hydrogen-bond donors (Lipinski definition) is 2.